The van der Waals surface area contributed by atoms with E-state index >= 15 is 0 Å². The number of nitrogens with zero attached hydrogens (tertiary/aromatic N) is 2. The minimum Gasteiger partial charge on any atom is -0.469 e. The van der Waals surface area contributed by atoms with Crippen LogP contribution in [0.25, 0.3) is 10.6 Å². The number of aromatic nitrogens is 2. The average Bonchev–Trinajstić information content (AvgIpc) is 2.76. The summed E-state index contributed by atoms with van der Waals surface area (Å²) < 4.78 is 5.62. The van der Waals surface area contributed by atoms with Gasteiger partial charge >= 0.3 is 5.97 Å². The summed E-state index contributed by atoms with van der Waals surface area (Å²) in [7, 11) is 1.35. The van der Waals surface area contributed by atoms with Crippen LogP contribution in [0.1, 0.15) is 5.82 Å². The molecule has 0 aliphatic rings. The first kappa shape index (κ1) is 12.2. The molecule has 6 heteroatoms. The van der Waals surface area contributed by atoms with E-state index in [-0.39, 0.29) is 12.4 Å². The molecule has 0 radical (unpaired) electrons. The van der Waals surface area contributed by atoms with Crippen molar-refractivity contribution in [2.45, 2.75) is 6.42 Å². The first-order valence-electron chi connectivity index (χ1n) is 4.83. The highest BCUT2D eigenvalue weighted by Crippen LogP contribution is 2.29. The Kier molecular flexibility index (Phi) is 3.86. The molecule has 0 unspecified atom stereocenters. The summed E-state index contributed by atoms with van der Waals surface area (Å²) in [5, 5.41) is 0. The SMILES string of the molecule is COC(=O)Cc1nccc(-c2ccc(Br)s2)n1. The molecule has 4 nitrogen and oxygen atoms in total. The highest BCUT2D eigenvalue weighted by molar-refractivity contribution is 9.11. The third kappa shape index (κ3) is 3.10. The summed E-state index contributed by atoms with van der Waals surface area (Å²) in [5.41, 5.74) is 0.814. The molecule has 2 rings (SSSR count). The monoisotopic (exact) mass is 312 g/mol. The second kappa shape index (κ2) is 5.37. The smallest absolute Gasteiger partial charge is 0.313 e. The van der Waals surface area contributed by atoms with Crippen LogP contribution in [0.15, 0.2) is 28.2 Å². The van der Waals surface area contributed by atoms with Gasteiger partial charge in [-0.1, -0.05) is 0 Å². The van der Waals surface area contributed by atoms with Gasteiger partial charge in [0.1, 0.15) is 12.2 Å². The van der Waals surface area contributed by atoms with E-state index in [9.17, 15) is 4.79 Å². The maximum atomic E-state index is 11.1. The van der Waals surface area contributed by atoms with Crippen LogP contribution in [-0.4, -0.2) is 23.0 Å². The number of thiophene rings is 1. The van der Waals surface area contributed by atoms with E-state index in [1.807, 2.05) is 18.2 Å². The Bertz CT molecular complexity index is 542. The molecule has 17 heavy (non-hydrogen) atoms. The Morgan fingerprint density at radius 2 is 2.29 bits per heavy atom. The molecule has 0 fully saturated rings. The zero-order chi connectivity index (χ0) is 12.3. The molecule has 2 heterocycles. The number of halogens is 1. The molecule has 0 spiro atoms. The van der Waals surface area contributed by atoms with Crippen LogP contribution in [0.5, 0.6) is 0 Å². The topological polar surface area (TPSA) is 52.1 Å². The van der Waals surface area contributed by atoms with E-state index in [2.05, 4.69) is 30.6 Å². The number of ether oxygens (including phenoxy) is 1. The van der Waals surface area contributed by atoms with Crippen molar-refractivity contribution in [2.24, 2.45) is 0 Å². The minimum absolute atomic E-state index is 0.0941. The van der Waals surface area contributed by atoms with Crippen LogP contribution in [0.4, 0.5) is 0 Å². The van der Waals surface area contributed by atoms with Crippen LogP contribution in [0, 0.1) is 0 Å². The van der Waals surface area contributed by atoms with E-state index in [1.165, 1.54) is 7.11 Å². The molecular weight excluding hydrogens is 304 g/mol. The maximum absolute atomic E-state index is 11.1. The fraction of sp³-hybridized carbons (Fsp3) is 0.182. The van der Waals surface area contributed by atoms with Crippen molar-refractivity contribution >= 4 is 33.2 Å². The predicted molar refractivity (Wildman–Crippen MR) is 68.8 cm³/mol. The molecule has 88 valence electrons. The molecule has 0 saturated carbocycles. The quantitative estimate of drug-likeness (QED) is 0.818. The second-order valence-corrected chi connectivity index (χ2v) is 5.68. The van der Waals surface area contributed by atoms with Crippen molar-refractivity contribution in [3.63, 3.8) is 0 Å². The van der Waals surface area contributed by atoms with E-state index < -0.39 is 0 Å². The highest BCUT2D eigenvalue weighted by Gasteiger charge is 2.08. The first-order valence-corrected chi connectivity index (χ1v) is 6.44. The molecule has 2 aromatic rings. The summed E-state index contributed by atoms with van der Waals surface area (Å²) in [5.74, 6) is 0.133. The number of esters is 1. The van der Waals surface area contributed by atoms with Gasteiger partial charge in [0.25, 0.3) is 0 Å². The lowest BCUT2D eigenvalue weighted by Gasteiger charge is -2.00. The lowest BCUT2D eigenvalue weighted by Crippen LogP contribution is -2.08. The van der Waals surface area contributed by atoms with Gasteiger partial charge in [0.2, 0.25) is 0 Å². The third-order valence-electron chi connectivity index (χ3n) is 2.06. The van der Waals surface area contributed by atoms with E-state index in [0.717, 1.165) is 14.4 Å². The Labute approximate surface area is 111 Å². The highest BCUT2D eigenvalue weighted by atomic mass is 79.9. The van der Waals surface area contributed by atoms with Crippen molar-refractivity contribution in [2.75, 3.05) is 7.11 Å². The van der Waals surface area contributed by atoms with Gasteiger partial charge in [-0.15, -0.1) is 11.3 Å². The van der Waals surface area contributed by atoms with Crippen molar-refractivity contribution < 1.29 is 9.53 Å². The molecule has 2 aromatic heterocycles. The first-order chi connectivity index (χ1) is 8.19. The van der Waals surface area contributed by atoms with Gasteiger partial charge in [-0.25, -0.2) is 9.97 Å². The fourth-order valence-electron chi connectivity index (χ4n) is 1.27. The molecule has 0 aliphatic carbocycles. The summed E-state index contributed by atoms with van der Waals surface area (Å²) in [4.78, 5) is 20.5. The van der Waals surface area contributed by atoms with Gasteiger partial charge in [0, 0.05) is 6.20 Å². The summed E-state index contributed by atoms with van der Waals surface area (Å²) in [6, 6.07) is 5.75. The fourth-order valence-corrected chi connectivity index (χ4v) is 2.63. The van der Waals surface area contributed by atoms with Crippen LogP contribution < -0.4 is 0 Å². The Hall–Kier alpha value is -1.27. The zero-order valence-corrected chi connectivity index (χ0v) is 11.4. The lowest BCUT2D eigenvalue weighted by molar-refractivity contribution is -0.139. The lowest BCUT2D eigenvalue weighted by atomic mass is 10.3. The minimum atomic E-state index is -0.338. The van der Waals surface area contributed by atoms with Crippen LogP contribution in [0.3, 0.4) is 0 Å². The molecule has 0 amide bonds. The molecule has 0 aliphatic heterocycles. The average molecular weight is 313 g/mol. The van der Waals surface area contributed by atoms with Crippen LogP contribution in [-0.2, 0) is 16.0 Å². The number of carbonyl (C=O) groups excluding carboxylic acids is 1. The molecular formula is C11H9BrN2O2S. The Balaban J connectivity index is 2.25. The second-order valence-electron chi connectivity index (χ2n) is 3.21. The van der Waals surface area contributed by atoms with Gasteiger partial charge in [-0.2, -0.15) is 0 Å². The Morgan fingerprint density at radius 1 is 1.47 bits per heavy atom. The maximum Gasteiger partial charge on any atom is 0.313 e. The number of hydrogen-bond acceptors (Lipinski definition) is 5. The largest absolute Gasteiger partial charge is 0.469 e. The number of rotatable bonds is 3. The van der Waals surface area contributed by atoms with Crippen molar-refractivity contribution in [1.82, 2.24) is 9.97 Å². The molecule has 0 N–H and O–H groups in total. The molecule has 0 bridgehead atoms. The van der Waals surface area contributed by atoms with Crippen molar-refractivity contribution in [3.05, 3.63) is 34.0 Å². The zero-order valence-electron chi connectivity index (χ0n) is 9.01. The summed E-state index contributed by atoms with van der Waals surface area (Å²) in [6.07, 6.45) is 1.74. The van der Waals surface area contributed by atoms with Gasteiger partial charge in [-0.3, -0.25) is 4.79 Å². The van der Waals surface area contributed by atoms with E-state index in [1.54, 1.807) is 17.5 Å². The number of carbonyl (C=O) groups is 1. The van der Waals surface area contributed by atoms with Gasteiger partial charge in [-0.05, 0) is 34.1 Å². The van der Waals surface area contributed by atoms with E-state index in [4.69, 9.17) is 0 Å². The van der Waals surface area contributed by atoms with Crippen LogP contribution >= 0.6 is 27.3 Å². The third-order valence-corrected chi connectivity index (χ3v) is 3.71. The van der Waals surface area contributed by atoms with Gasteiger partial charge in [0.05, 0.1) is 21.5 Å². The molecule has 0 saturated heterocycles. The number of hydrogen-bond donors (Lipinski definition) is 0. The van der Waals surface area contributed by atoms with Gasteiger partial charge in [0.15, 0.2) is 0 Å². The van der Waals surface area contributed by atoms with Crippen molar-refractivity contribution in [1.29, 1.82) is 0 Å². The Morgan fingerprint density at radius 3 is 2.94 bits per heavy atom. The van der Waals surface area contributed by atoms with Gasteiger partial charge < -0.3 is 4.74 Å². The van der Waals surface area contributed by atoms with E-state index in [0.29, 0.717) is 5.82 Å². The predicted octanol–water partition coefficient (Wildman–Crippen LogP) is 2.68. The summed E-state index contributed by atoms with van der Waals surface area (Å²) in [6.45, 7) is 0. The van der Waals surface area contributed by atoms with Crippen LogP contribution in [0.2, 0.25) is 0 Å². The molecule has 0 atom stereocenters. The normalized spacial score (nSPS) is 10.2. The van der Waals surface area contributed by atoms with Crippen molar-refractivity contribution in [3.8, 4) is 10.6 Å². The standard InChI is InChI=1S/C11H9BrN2O2S/c1-16-11(15)6-10-13-5-4-7(14-10)8-2-3-9(12)17-8/h2-5H,6H2,1H3. The molecule has 0 aromatic carbocycles. The summed E-state index contributed by atoms with van der Waals surface area (Å²) >= 11 is 4.98. The number of methoxy groups -OCH3 is 1.